The van der Waals surface area contributed by atoms with Crippen LogP contribution in [0.3, 0.4) is 0 Å². The van der Waals surface area contributed by atoms with Gasteiger partial charge in [-0.25, -0.2) is 0 Å². The highest BCUT2D eigenvalue weighted by Gasteiger charge is 1.92. The average molecular weight is 141 g/mol. The van der Waals surface area contributed by atoms with Gasteiger partial charge < -0.3 is 0 Å². The quantitative estimate of drug-likeness (QED) is 0.529. The molecular formula is C11H9. The number of hydrogen-bond donors (Lipinski definition) is 0. The molecule has 0 saturated carbocycles. The van der Waals surface area contributed by atoms with E-state index in [1.807, 2.05) is 24.3 Å². The van der Waals surface area contributed by atoms with Crippen LogP contribution in [0.25, 0.3) is 10.8 Å². The van der Waals surface area contributed by atoms with E-state index in [1.54, 1.807) is 0 Å². The molecule has 0 aliphatic carbocycles. The van der Waals surface area contributed by atoms with E-state index in [1.165, 1.54) is 10.8 Å². The molecule has 0 atom stereocenters. The first-order valence-electron chi connectivity index (χ1n) is 3.67. The Hall–Kier alpha value is -1.30. The van der Waals surface area contributed by atoms with Crippen LogP contribution in [0.2, 0.25) is 0 Å². The van der Waals surface area contributed by atoms with Gasteiger partial charge in [0.1, 0.15) is 0 Å². The summed E-state index contributed by atoms with van der Waals surface area (Å²) in [6, 6.07) is 14.4. The maximum absolute atomic E-state index is 3.95. The lowest BCUT2D eigenvalue weighted by molar-refractivity contribution is 1.68. The Morgan fingerprint density at radius 2 is 1.55 bits per heavy atom. The van der Waals surface area contributed by atoms with Crippen molar-refractivity contribution in [1.82, 2.24) is 0 Å². The molecule has 53 valence electrons. The minimum absolute atomic E-state index is 1.10. The summed E-state index contributed by atoms with van der Waals surface area (Å²) in [6.07, 6.45) is 0. The van der Waals surface area contributed by atoms with E-state index in [0.717, 1.165) is 5.56 Å². The molecular weight excluding hydrogens is 132 g/mol. The lowest BCUT2D eigenvalue weighted by Crippen LogP contribution is -1.75. The molecule has 11 heavy (non-hydrogen) atoms. The monoisotopic (exact) mass is 141 g/mol. The van der Waals surface area contributed by atoms with Crippen LogP contribution >= 0.6 is 0 Å². The van der Waals surface area contributed by atoms with Crippen molar-refractivity contribution in [3.05, 3.63) is 55.0 Å². The average Bonchev–Trinajstić information content (AvgIpc) is 2.06. The van der Waals surface area contributed by atoms with Crippen molar-refractivity contribution >= 4 is 10.8 Å². The second-order valence-corrected chi connectivity index (χ2v) is 2.64. The van der Waals surface area contributed by atoms with Gasteiger partial charge in [0.25, 0.3) is 0 Å². The third-order valence-electron chi connectivity index (χ3n) is 1.88. The zero-order chi connectivity index (χ0) is 7.68. The fourth-order valence-electron chi connectivity index (χ4n) is 1.29. The minimum Gasteiger partial charge on any atom is -0.0616 e. The van der Waals surface area contributed by atoms with Gasteiger partial charge in [-0.2, -0.15) is 0 Å². The van der Waals surface area contributed by atoms with E-state index in [9.17, 15) is 0 Å². The summed E-state index contributed by atoms with van der Waals surface area (Å²) in [5, 5.41) is 2.51. The lowest BCUT2D eigenvalue weighted by Gasteiger charge is -1.98. The van der Waals surface area contributed by atoms with E-state index in [-0.39, 0.29) is 0 Å². The van der Waals surface area contributed by atoms with Crippen LogP contribution in [0.1, 0.15) is 5.56 Å². The normalized spacial score (nSPS) is 10.3. The smallest absolute Gasteiger partial charge is 0.0152 e. The Morgan fingerprint density at radius 1 is 0.818 bits per heavy atom. The van der Waals surface area contributed by atoms with Gasteiger partial charge in [0.2, 0.25) is 0 Å². The Labute approximate surface area is 66.5 Å². The highest BCUT2D eigenvalue weighted by Crippen LogP contribution is 2.16. The fraction of sp³-hybridized carbons (Fsp3) is 0. The predicted octanol–water partition coefficient (Wildman–Crippen LogP) is 3.02. The van der Waals surface area contributed by atoms with Gasteiger partial charge in [0, 0.05) is 0 Å². The highest BCUT2D eigenvalue weighted by atomic mass is 14.0. The first kappa shape index (κ1) is 6.41. The number of hydrogen-bond acceptors (Lipinski definition) is 0. The van der Waals surface area contributed by atoms with Gasteiger partial charge >= 0.3 is 0 Å². The Morgan fingerprint density at radius 3 is 2.36 bits per heavy atom. The predicted molar refractivity (Wildman–Crippen MR) is 48.4 cm³/mol. The summed E-state index contributed by atoms with van der Waals surface area (Å²) in [5.74, 6) is 0. The molecule has 0 aliphatic rings. The molecule has 0 aromatic heterocycles. The molecule has 0 amide bonds. The molecule has 0 nitrogen and oxygen atoms in total. The number of fused-ring (bicyclic) bond motifs is 1. The Bertz CT molecular complexity index is 369. The zero-order valence-electron chi connectivity index (χ0n) is 6.25. The van der Waals surface area contributed by atoms with Gasteiger partial charge in [0.15, 0.2) is 0 Å². The summed E-state index contributed by atoms with van der Waals surface area (Å²) < 4.78 is 0. The molecule has 1 radical (unpaired) electrons. The molecule has 0 N–H and O–H groups in total. The molecule has 0 unspecified atom stereocenters. The van der Waals surface area contributed by atoms with E-state index >= 15 is 0 Å². The molecule has 0 heteroatoms. The molecule has 0 heterocycles. The molecule has 0 fully saturated rings. The second-order valence-electron chi connectivity index (χ2n) is 2.64. The zero-order valence-corrected chi connectivity index (χ0v) is 6.25. The molecule has 2 rings (SSSR count). The van der Waals surface area contributed by atoms with Crippen molar-refractivity contribution < 1.29 is 0 Å². The molecule has 0 saturated heterocycles. The van der Waals surface area contributed by atoms with Crippen LogP contribution in [0.5, 0.6) is 0 Å². The maximum atomic E-state index is 3.95. The topological polar surface area (TPSA) is 0 Å². The standard InChI is InChI=1S/C11H9/c1-9-5-4-7-10-6-2-3-8-11(9)10/h2-8H,1H2. The van der Waals surface area contributed by atoms with E-state index in [4.69, 9.17) is 0 Å². The first-order valence-corrected chi connectivity index (χ1v) is 3.67. The van der Waals surface area contributed by atoms with Crippen LogP contribution in [0, 0.1) is 6.92 Å². The number of benzene rings is 2. The van der Waals surface area contributed by atoms with Crippen molar-refractivity contribution in [2.45, 2.75) is 0 Å². The largest absolute Gasteiger partial charge is 0.0616 e. The van der Waals surface area contributed by atoms with Gasteiger partial charge in [-0.15, -0.1) is 0 Å². The van der Waals surface area contributed by atoms with Gasteiger partial charge in [-0.05, 0) is 23.3 Å². The van der Waals surface area contributed by atoms with Crippen LogP contribution in [-0.2, 0) is 0 Å². The molecule has 2 aromatic rings. The van der Waals surface area contributed by atoms with Crippen LogP contribution < -0.4 is 0 Å². The van der Waals surface area contributed by atoms with Crippen LogP contribution in [-0.4, -0.2) is 0 Å². The summed E-state index contributed by atoms with van der Waals surface area (Å²) >= 11 is 0. The Kier molecular flexibility index (Phi) is 1.39. The lowest BCUT2D eigenvalue weighted by atomic mass is 10.1. The van der Waals surface area contributed by atoms with Crippen molar-refractivity contribution in [1.29, 1.82) is 0 Å². The summed E-state index contributed by atoms with van der Waals surface area (Å²) in [5.41, 5.74) is 1.10. The van der Waals surface area contributed by atoms with E-state index in [0.29, 0.717) is 0 Å². The fourth-order valence-corrected chi connectivity index (χ4v) is 1.29. The van der Waals surface area contributed by atoms with Crippen molar-refractivity contribution in [3.8, 4) is 0 Å². The third-order valence-corrected chi connectivity index (χ3v) is 1.88. The van der Waals surface area contributed by atoms with Crippen molar-refractivity contribution in [2.24, 2.45) is 0 Å². The molecule has 2 aromatic carbocycles. The van der Waals surface area contributed by atoms with Crippen LogP contribution in [0.4, 0.5) is 0 Å². The first-order chi connectivity index (χ1) is 5.38. The molecule has 0 aliphatic heterocycles. The second kappa shape index (κ2) is 2.39. The minimum atomic E-state index is 1.10. The SMILES string of the molecule is [CH2]c1cccc2ccccc12. The van der Waals surface area contributed by atoms with E-state index in [2.05, 4.69) is 25.1 Å². The summed E-state index contributed by atoms with van der Waals surface area (Å²) in [6.45, 7) is 3.95. The number of rotatable bonds is 0. The van der Waals surface area contributed by atoms with Gasteiger partial charge in [-0.3, -0.25) is 0 Å². The summed E-state index contributed by atoms with van der Waals surface area (Å²) in [4.78, 5) is 0. The van der Waals surface area contributed by atoms with Gasteiger partial charge in [0.05, 0.1) is 0 Å². The molecule has 0 bridgehead atoms. The summed E-state index contributed by atoms with van der Waals surface area (Å²) in [7, 11) is 0. The Balaban J connectivity index is 2.91. The highest BCUT2D eigenvalue weighted by molar-refractivity contribution is 5.86. The maximum Gasteiger partial charge on any atom is -0.0152 e. The van der Waals surface area contributed by atoms with E-state index < -0.39 is 0 Å². The van der Waals surface area contributed by atoms with Crippen LogP contribution in [0.15, 0.2) is 42.5 Å². The van der Waals surface area contributed by atoms with Gasteiger partial charge in [-0.1, -0.05) is 42.5 Å². The van der Waals surface area contributed by atoms with Crippen molar-refractivity contribution in [2.75, 3.05) is 0 Å². The molecule has 0 spiro atoms. The van der Waals surface area contributed by atoms with Crippen molar-refractivity contribution in [3.63, 3.8) is 0 Å². The third kappa shape index (κ3) is 1.01.